The van der Waals surface area contributed by atoms with Crippen LogP contribution >= 0.6 is 0 Å². The summed E-state index contributed by atoms with van der Waals surface area (Å²) in [5.41, 5.74) is 4.45. The lowest BCUT2D eigenvalue weighted by Gasteiger charge is -2.23. The Bertz CT molecular complexity index is 1020. The number of fused-ring (bicyclic) bond motifs is 1. The van der Waals surface area contributed by atoms with E-state index in [4.69, 9.17) is 0 Å². The molecule has 0 spiro atoms. The number of aromatic nitrogens is 1. The summed E-state index contributed by atoms with van der Waals surface area (Å²) in [5.74, 6) is 7.13. The Kier molecular flexibility index (Phi) is 4.08. The first-order chi connectivity index (χ1) is 12.6. The Morgan fingerprint density at radius 1 is 1.04 bits per heavy atom. The average molecular weight is 342 g/mol. The van der Waals surface area contributed by atoms with E-state index in [0.29, 0.717) is 6.54 Å². The molecule has 0 saturated carbocycles. The lowest BCUT2D eigenvalue weighted by atomic mass is 10.1. The molecule has 26 heavy (non-hydrogen) atoms. The van der Waals surface area contributed by atoms with E-state index >= 15 is 0 Å². The molecule has 2 N–H and O–H groups in total. The first-order valence-corrected chi connectivity index (χ1v) is 8.42. The highest BCUT2D eigenvalue weighted by Gasteiger charge is 2.30. The van der Waals surface area contributed by atoms with Crippen LogP contribution < -0.4 is 4.90 Å². The number of rotatable bonds is 1. The highest BCUT2D eigenvalue weighted by atomic mass is 16.3. The molecule has 1 aliphatic rings. The van der Waals surface area contributed by atoms with Gasteiger partial charge in [0.1, 0.15) is 11.6 Å². The molecule has 0 aliphatic carbocycles. The summed E-state index contributed by atoms with van der Waals surface area (Å²) >= 11 is 0. The topological polar surface area (TPSA) is 56.6 Å². The third kappa shape index (κ3) is 3.01. The van der Waals surface area contributed by atoms with Crippen LogP contribution in [-0.4, -0.2) is 15.2 Å². The summed E-state index contributed by atoms with van der Waals surface area (Å²) in [6.45, 7) is 2.52. The van der Waals surface area contributed by atoms with Crippen molar-refractivity contribution in [3.05, 3.63) is 88.6 Å². The van der Waals surface area contributed by atoms with Crippen LogP contribution in [0.2, 0.25) is 0 Å². The number of benzene rings is 2. The number of phenols is 1. The Morgan fingerprint density at radius 3 is 2.58 bits per heavy atom. The standard InChI is InChI=1S/C22H18N2O2/c1-15-11-17(8-7-16-5-3-2-4-6-16)13-23-21(15)24-14-18-9-10-19(25)12-20(18)22(24)26/h2-6,9-13,22,25-26H,14H2,1H3. The predicted octanol–water partition coefficient (Wildman–Crippen LogP) is 3.51. The molecule has 0 bridgehead atoms. The van der Waals surface area contributed by atoms with Crippen molar-refractivity contribution in [2.45, 2.75) is 19.7 Å². The Labute approximate surface area is 152 Å². The van der Waals surface area contributed by atoms with Crippen LogP contribution in [0.3, 0.4) is 0 Å². The van der Waals surface area contributed by atoms with Crippen molar-refractivity contribution in [3.63, 3.8) is 0 Å². The second kappa shape index (κ2) is 6.55. The molecule has 4 heteroatoms. The SMILES string of the molecule is Cc1cc(C#Cc2ccccc2)cnc1N1Cc2ccc(O)cc2C1O. The predicted molar refractivity (Wildman–Crippen MR) is 101 cm³/mol. The van der Waals surface area contributed by atoms with Crippen LogP contribution in [0, 0.1) is 18.8 Å². The van der Waals surface area contributed by atoms with Gasteiger partial charge in [-0.3, -0.25) is 0 Å². The number of anilines is 1. The first-order valence-electron chi connectivity index (χ1n) is 8.42. The molecule has 2 aromatic carbocycles. The van der Waals surface area contributed by atoms with E-state index in [0.717, 1.165) is 33.6 Å². The highest BCUT2D eigenvalue weighted by Crippen LogP contribution is 2.37. The van der Waals surface area contributed by atoms with Crippen LogP contribution in [0.25, 0.3) is 0 Å². The van der Waals surface area contributed by atoms with Crippen LogP contribution in [0.1, 0.15) is 34.0 Å². The van der Waals surface area contributed by atoms with Gasteiger partial charge in [0.2, 0.25) is 0 Å². The molecule has 4 nitrogen and oxygen atoms in total. The van der Waals surface area contributed by atoms with E-state index in [9.17, 15) is 10.2 Å². The normalized spacial score (nSPS) is 15.3. The Balaban J connectivity index is 1.61. The van der Waals surface area contributed by atoms with Gasteiger partial charge in [-0.1, -0.05) is 36.1 Å². The number of nitrogens with zero attached hydrogens (tertiary/aromatic N) is 2. The monoisotopic (exact) mass is 342 g/mol. The number of pyridine rings is 1. The fraction of sp³-hybridized carbons (Fsp3) is 0.136. The van der Waals surface area contributed by atoms with Crippen molar-refractivity contribution >= 4 is 5.82 Å². The van der Waals surface area contributed by atoms with Crippen molar-refractivity contribution in [1.82, 2.24) is 4.98 Å². The summed E-state index contributed by atoms with van der Waals surface area (Å²) in [7, 11) is 0. The second-order valence-electron chi connectivity index (χ2n) is 6.37. The summed E-state index contributed by atoms with van der Waals surface area (Å²) in [6.07, 6.45) is 0.912. The average Bonchev–Trinajstić information content (AvgIpc) is 2.97. The van der Waals surface area contributed by atoms with Gasteiger partial charge in [-0.2, -0.15) is 0 Å². The number of hydrogen-bond donors (Lipinski definition) is 2. The molecule has 1 aliphatic heterocycles. The highest BCUT2D eigenvalue weighted by molar-refractivity contribution is 5.56. The lowest BCUT2D eigenvalue weighted by Crippen LogP contribution is -2.23. The smallest absolute Gasteiger partial charge is 0.155 e. The fourth-order valence-corrected chi connectivity index (χ4v) is 3.20. The number of phenolic OH excluding ortho intramolecular Hbond substituents is 1. The zero-order valence-corrected chi connectivity index (χ0v) is 14.3. The zero-order chi connectivity index (χ0) is 18.1. The van der Waals surface area contributed by atoms with Gasteiger partial charge >= 0.3 is 0 Å². The number of aliphatic hydroxyl groups excluding tert-OH is 1. The van der Waals surface area contributed by atoms with Crippen LogP contribution in [0.15, 0.2) is 60.8 Å². The number of hydrogen-bond acceptors (Lipinski definition) is 4. The first kappa shape index (κ1) is 16.2. The quantitative estimate of drug-likeness (QED) is 0.665. The molecular formula is C22H18N2O2. The largest absolute Gasteiger partial charge is 0.508 e. The van der Waals surface area contributed by atoms with Crippen molar-refractivity contribution in [2.75, 3.05) is 4.90 Å². The van der Waals surface area contributed by atoms with E-state index < -0.39 is 6.23 Å². The molecule has 1 aromatic heterocycles. The molecule has 2 heterocycles. The van der Waals surface area contributed by atoms with E-state index in [1.165, 1.54) is 0 Å². The third-order valence-electron chi connectivity index (χ3n) is 4.49. The minimum Gasteiger partial charge on any atom is -0.508 e. The van der Waals surface area contributed by atoms with E-state index in [1.54, 1.807) is 18.3 Å². The molecule has 0 saturated heterocycles. The Morgan fingerprint density at radius 2 is 1.81 bits per heavy atom. The van der Waals surface area contributed by atoms with E-state index in [-0.39, 0.29) is 5.75 Å². The Hall–Kier alpha value is -3.29. The summed E-state index contributed by atoms with van der Waals surface area (Å²) in [5, 5.41) is 20.3. The van der Waals surface area contributed by atoms with Crippen LogP contribution in [0.5, 0.6) is 5.75 Å². The van der Waals surface area contributed by atoms with Gasteiger partial charge in [0.05, 0.1) is 0 Å². The number of aliphatic hydroxyl groups is 1. The number of aryl methyl sites for hydroxylation is 1. The molecule has 0 amide bonds. The van der Waals surface area contributed by atoms with Gasteiger partial charge in [0, 0.05) is 29.4 Å². The van der Waals surface area contributed by atoms with Gasteiger partial charge in [-0.05, 0) is 48.4 Å². The van der Waals surface area contributed by atoms with Crippen molar-refractivity contribution in [2.24, 2.45) is 0 Å². The van der Waals surface area contributed by atoms with Gasteiger partial charge in [0.15, 0.2) is 6.23 Å². The summed E-state index contributed by atoms with van der Waals surface area (Å²) in [4.78, 5) is 6.36. The van der Waals surface area contributed by atoms with Crippen LogP contribution in [-0.2, 0) is 6.54 Å². The molecule has 128 valence electrons. The van der Waals surface area contributed by atoms with Crippen molar-refractivity contribution in [1.29, 1.82) is 0 Å². The molecule has 3 aromatic rings. The molecule has 4 rings (SSSR count). The lowest BCUT2D eigenvalue weighted by molar-refractivity contribution is 0.180. The summed E-state index contributed by atoms with van der Waals surface area (Å²) in [6, 6.07) is 16.9. The van der Waals surface area contributed by atoms with Crippen LogP contribution in [0.4, 0.5) is 5.82 Å². The molecule has 1 atom stereocenters. The van der Waals surface area contributed by atoms with Gasteiger partial charge in [-0.15, -0.1) is 0 Å². The maximum absolute atomic E-state index is 10.6. The van der Waals surface area contributed by atoms with Gasteiger partial charge in [-0.25, -0.2) is 4.98 Å². The molecular weight excluding hydrogens is 324 g/mol. The molecule has 1 unspecified atom stereocenters. The van der Waals surface area contributed by atoms with Gasteiger partial charge < -0.3 is 15.1 Å². The van der Waals surface area contributed by atoms with Gasteiger partial charge in [0.25, 0.3) is 0 Å². The van der Waals surface area contributed by atoms with Crippen molar-refractivity contribution in [3.8, 4) is 17.6 Å². The summed E-state index contributed by atoms with van der Waals surface area (Å²) < 4.78 is 0. The maximum atomic E-state index is 10.6. The minimum absolute atomic E-state index is 0.154. The van der Waals surface area contributed by atoms with E-state index in [2.05, 4.69) is 16.8 Å². The zero-order valence-electron chi connectivity index (χ0n) is 14.3. The minimum atomic E-state index is -0.815. The molecule has 0 radical (unpaired) electrons. The third-order valence-corrected chi connectivity index (χ3v) is 4.49. The number of aromatic hydroxyl groups is 1. The van der Waals surface area contributed by atoms with Crippen molar-refractivity contribution < 1.29 is 10.2 Å². The maximum Gasteiger partial charge on any atom is 0.155 e. The molecule has 0 fully saturated rings. The van der Waals surface area contributed by atoms with E-state index in [1.807, 2.05) is 54.3 Å². The fourth-order valence-electron chi connectivity index (χ4n) is 3.20. The second-order valence-corrected chi connectivity index (χ2v) is 6.37.